The second kappa shape index (κ2) is 7.61. The molecule has 25 heavy (non-hydrogen) atoms. The quantitative estimate of drug-likeness (QED) is 0.830. The van der Waals surface area contributed by atoms with Gasteiger partial charge in [0, 0.05) is 5.38 Å². The van der Waals surface area contributed by atoms with Gasteiger partial charge in [0.1, 0.15) is 5.00 Å². The highest BCUT2D eigenvalue weighted by Crippen LogP contribution is 2.30. The maximum Gasteiger partial charge on any atom is 0.434 e. The van der Waals surface area contributed by atoms with Crippen molar-refractivity contribution in [3.8, 4) is 0 Å². The van der Waals surface area contributed by atoms with Gasteiger partial charge in [-0.3, -0.25) is 14.9 Å². The fourth-order valence-electron chi connectivity index (χ4n) is 1.58. The fraction of sp³-hybridized carbons (Fsp3) is 0.231. The number of thiophene rings is 1. The van der Waals surface area contributed by atoms with E-state index < -0.39 is 34.8 Å². The van der Waals surface area contributed by atoms with Crippen LogP contribution in [0, 0.1) is 0 Å². The Morgan fingerprint density at radius 2 is 1.96 bits per heavy atom. The van der Waals surface area contributed by atoms with E-state index in [0.717, 1.165) is 16.7 Å². The summed E-state index contributed by atoms with van der Waals surface area (Å²) in [6.45, 7) is 1.63. The maximum absolute atomic E-state index is 12.5. The topological polar surface area (TPSA) is 97.4 Å². The summed E-state index contributed by atoms with van der Waals surface area (Å²) in [5.74, 6) is -1.71. The van der Waals surface area contributed by atoms with Gasteiger partial charge in [-0.25, -0.2) is 9.78 Å². The van der Waals surface area contributed by atoms with Gasteiger partial charge in [-0.05, 0) is 18.4 Å². The zero-order valence-electron chi connectivity index (χ0n) is 12.5. The molecule has 2 rings (SSSR count). The number of ether oxygens (including phenoxy) is 1. The van der Waals surface area contributed by atoms with Crippen molar-refractivity contribution in [2.75, 3.05) is 11.9 Å². The number of hydrogen-bond acceptors (Lipinski definition) is 7. The summed E-state index contributed by atoms with van der Waals surface area (Å²) in [4.78, 5) is 38.4. The fourth-order valence-corrected chi connectivity index (χ4v) is 3.08. The van der Waals surface area contributed by atoms with Crippen LogP contribution in [-0.2, 0) is 10.9 Å². The Kier molecular flexibility index (Phi) is 5.74. The van der Waals surface area contributed by atoms with E-state index in [4.69, 9.17) is 0 Å². The molecule has 134 valence electrons. The van der Waals surface area contributed by atoms with Crippen LogP contribution in [0.2, 0.25) is 0 Å². The Morgan fingerprint density at radius 1 is 1.24 bits per heavy atom. The summed E-state index contributed by atoms with van der Waals surface area (Å²) >= 11 is 1.49. The van der Waals surface area contributed by atoms with Crippen LogP contribution in [0.1, 0.15) is 32.8 Å². The number of alkyl carbamates (subject to hydrolysis) is 1. The van der Waals surface area contributed by atoms with E-state index in [-0.39, 0.29) is 17.2 Å². The number of alkyl halides is 3. The molecule has 0 fully saturated rings. The number of amides is 3. The standard InChI is InChI=1S/C13H10F3N3O4S2/c1-2-23-12(22)19-8(20)6-3-4-24-10(6)18-9(21)11-17-7(5-25-11)13(14,15)16/h3-5H,2H2,1H3,(H,18,21)(H,19,20,22). The Bertz CT molecular complexity index is 801. The van der Waals surface area contributed by atoms with Gasteiger partial charge in [0.2, 0.25) is 0 Å². The number of imide groups is 1. The van der Waals surface area contributed by atoms with Crippen molar-refractivity contribution in [1.82, 2.24) is 10.3 Å². The number of thiazole rings is 1. The van der Waals surface area contributed by atoms with Gasteiger partial charge in [0.05, 0.1) is 12.2 Å². The van der Waals surface area contributed by atoms with Crippen molar-refractivity contribution >= 4 is 45.6 Å². The third-order valence-corrected chi connectivity index (χ3v) is 4.29. The molecule has 0 aliphatic rings. The van der Waals surface area contributed by atoms with Gasteiger partial charge >= 0.3 is 12.3 Å². The number of aromatic nitrogens is 1. The Balaban J connectivity index is 2.10. The smallest absolute Gasteiger partial charge is 0.434 e. The zero-order valence-corrected chi connectivity index (χ0v) is 14.1. The molecule has 2 N–H and O–H groups in total. The minimum atomic E-state index is -4.65. The molecule has 12 heteroatoms. The summed E-state index contributed by atoms with van der Waals surface area (Å²) in [7, 11) is 0. The van der Waals surface area contributed by atoms with Gasteiger partial charge < -0.3 is 10.1 Å². The molecule has 0 bridgehead atoms. The lowest BCUT2D eigenvalue weighted by Crippen LogP contribution is -2.31. The van der Waals surface area contributed by atoms with Crippen LogP contribution in [-0.4, -0.2) is 29.5 Å². The van der Waals surface area contributed by atoms with Crippen LogP contribution in [0.3, 0.4) is 0 Å². The Labute approximate surface area is 146 Å². The number of carbonyl (C=O) groups excluding carboxylic acids is 3. The predicted octanol–water partition coefficient (Wildman–Crippen LogP) is 3.36. The SMILES string of the molecule is CCOC(=O)NC(=O)c1ccsc1NC(=O)c1nc(C(F)(F)F)cs1. The third kappa shape index (κ3) is 4.76. The third-order valence-electron chi connectivity index (χ3n) is 2.62. The average Bonchev–Trinajstić information content (AvgIpc) is 3.15. The second-order valence-corrected chi connectivity index (χ2v) is 6.10. The first-order valence-electron chi connectivity index (χ1n) is 6.62. The molecule has 0 saturated heterocycles. The Morgan fingerprint density at radius 3 is 2.56 bits per heavy atom. The first-order chi connectivity index (χ1) is 11.7. The Hall–Kier alpha value is -2.47. The summed E-state index contributed by atoms with van der Waals surface area (Å²) in [5.41, 5.74) is -1.20. The molecule has 0 saturated carbocycles. The molecule has 0 radical (unpaired) electrons. The number of halogens is 3. The average molecular weight is 393 g/mol. The van der Waals surface area contributed by atoms with E-state index in [2.05, 4.69) is 15.0 Å². The van der Waals surface area contributed by atoms with Crippen LogP contribution in [0.5, 0.6) is 0 Å². The first-order valence-corrected chi connectivity index (χ1v) is 8.38. The van der Waals surface area contributed by atoms with E-state index in [1.165, 1.54) is 11.4 Å². The molecule has 0 aromatic carbocycles. The highest BCUT2D eigenvalue weighted by Gasteiger charge is 2.34. The van der Waals surface area contributed by atoms with Crippen molar-refractivity contribution in [1.29, 1.82) is 0 Å². The molecule has 0 spiro atoms. The van der Waals surface area contributed by atoms with E-state index in [1.54, 1.807) is 6.92 Å². The summed E-state index contributed by atoms with van der Waals surface area (Å²) in [6.07, 6.45) is -5.60. The molecule has 0 atom stereocenters. The second-order valence-electron chi connectivity index (χ2n) is 4.33. The largest absolute Gasteiger partial charge is 0.450 e. The van der Waals surface area contributed by atoms with Crippen LogP contribution < -0.4 is 10.6 Å². The number of hydrogen-bond donors (Lipinski definition) is 2. The molecule has 0 aliphatic carbocycles. The highest BCUT2D eigenvalue weighted by molar-refractivity contribution is 7.15. The number of nitrogens with one attached hydrogen (secondary N) is 2. The summed E-state index contributed by atoms with van der Waals surface area (Å²) < 4.78 is 42.1. The van der Waals surface area contributed by atoms with E-state index in [0.29, 0.717) is 11.3 Å². The minimum absolute atomic E-state index is 0.0287. The molecule has 2 aromatic heterocycles. The van der Waals surface area contributed by atoms with Crippen molar-refractivity contribution in [2.45, 2.75) is 13.1 Å². The molecule has 0 aliphatic heterocycles. The zero-order chi connectivity index (χ0) is 18.6. The van der Waals surface area contributed by atoms with E-state index in [9.17, 15) is 27.6 Å². The van der Waals surface area contributed by atoms with Crippen LogP contribution in [0.25, 0.3) is 0 Å². The predicted molar refractivity (Wildman–Crippen MR) is 83.9 cm³/mol. The number of carbonyl (C=O) groups is 3. The summed E-state index contributed by atoms with van der Waals surface area (Å²) in [5, 5.41) is 6.11. The molecular formula is C13H10F3N3O4S2. The lowest BCUT2D eigenvalue weighted by atomic mass is 10.3. The molecule has 7 nitrogen and oxygen atoms in total. The number of rotatable bonds is 4. The van der Waals surface area contributed by atoms with Crippen LogP contribution in [0.4, 0.5) is 23.0 Å². The van der Waals surface area contributed by atoms with Crippen LogP contribution in [0.15, 0.2) is 16.8 Å². The van der Waals surface area contributed by atoms with Crippen molar-refractivity contribution < 1.29 is 32.3 Å². The monoisotopic (exact) mass is 393 g/mol. The van der Waals surface area contributed by atoms with Crippen molar-refractivity contribution in [2.24, 2.45) is 0 Å². The number of anilines is 1. The lowest BCUT2D eigenvalue weighted by Gasteiger charge is -2.06. The van der Waals surface area contributed by atoms with Crippen LogP contribution >= 0.6 is 22.7 Å². The molecule has 0 unspecified atom stereocenters. The van der Waals surface area contributed by atoms with Gasteiger partial charge in [-0.1, -0.05) is 0 Å². The molecular weight excluding hydrogens is 383 g/mol. The maximum atomic E-state index is 12.5. The minimum Gasteiger partial charge on any atom is -0.450 e. The summed E-state index contributed by atoms with van der Waals surface area (Å²) in [6, 6.07) is 1.35. The van der Waals surface area contributed by atoms with Gasteiger partial charge in [-0.2, -0.15) is 13.2 Å². The van der Waals surface area contributed by atoms with E-state index in [1.807, 2.05) is 5.32 Å². The van der Waals surface area contributed by atoms with Gasteiger partial charge in [0.15, 0.2) is 10.7 Å². The van der Waals surface area contributed by atoms with Gasteiger partial charge in [0.25, 0.3) is 11.8 Å². The van der Waals surface area contributed by atoms with Crippen molar-refractivity contribution in [3.05, 3.63) is 33.1 Å². The highest BCUT2D eigenvalue weighted by atomic mass is 32.1. The number of nitrogens with zero attached hydrogens (tertiary/aromatic N) is 1. The van der Waals surface area contributed by atoms with Gasteiger partial charge in [-0.15, -0.1) is 22.7 Å². The van der Waals surface area contributed by atoms with E-state index >= 15 is 0 Å². The molecule has 2 aromatic rings. The normalized spacial score (nSPS) is 11.0. The first kappa shape index (κ1) is 18.9. The van der Waals surface area contributed by atoms with Crippen molar-refractivity contribution in [3.63, 3.8) is 0 Å². The molecule has 3 amide bonds. The molecule has 2 heterocycles. The lowest BCUT2D eigenvalue weighted by molar-refractivity contribution is -0.140.